The quantitative estimate of drug-likeness (QED) is 0.484. The highest BCUT2D eigenvalue weighted by Gasteiger charge is 2.37. The summed E-state index contributed by atoms with van der Waals surface area (Å²) in [6.45, 7) is 2.42. The third kappa shape index (κ3) is 4.25. The molecule has 1 aromatic carbocycles. The Morgan fingerprint density at radius 2 is 1.89 bits per heavy atom. The first-order chi connectivity index (χ1) is 17.4. The number of carbonyl (C=O) groups excluding carboxylic acids is 1. The highest BCUT2D eigenvalue weighted by molar-refractivity contribution is 5.88. The fraction of sp³-hybridized carbons (Fsp3) is 0.480. The Kier molecular flexibility index (Phi) is 5.74. The number of carbonyl (C=O) groups is 1. The van der Waals surface area contributed by atoms with Crippen LogP contribution in [-0.4, -0.2) is 58.0 Å². The van der Waals surface area contributed by atoms with Crippen LogP contribution in [0.3, 0.4) is 0 Å². The van der Waals surface area contributed by atoms with Crippen LogP contribution in [0.5, 0.6) is 11.5 Å². The summed E-state index contributed by atoms with van der Waals surface area (Å²) >= 11 is 0. The third-order valence-corrected chi connectivity index (χ3v) is 7.25. The average Bonchev–Trinajstić information content (AvgIpc) is 3.52. The molecule has 0 unspecified atom stereocenters. The first kappa shape index (κ1) is 23.1. The minimum Gasteiger partial charge on any atom is -0.461 e. The maximum Gasteiger partial charge on any atom is 0.433 e. The first-order valence-electron chi connectivity index (χ1n) is 12.2. The second-order valence-corrected chi connectivity index (χ2v) is 9.49. The topological polar surface area (TPSA) is 78.2 Å². The monoisotopic (exact) mass is 502 g/mol. The minimum atomic E-state index is -4.72. The van der Waals surface area contributed by atoms with Crippen LogP contribution < -0.4 is 9.47 Å². The lowest BCUT2D eigenvalue weighted by molar-refractivity contribution is -0.142. The number of ether oxygens (including phenoxy) is 3. The van der Waals surface area contributed by atoms with Crippen molar-refractivity contribution in [2.45, 2.75) is 44.3 Å². The van der Waals surface area contributed by atoms with Gasteiger partial charge in [-0.1, -0.05) is 6.42 Å². The van der Waals surface area contributed by atoms with E-state index in [2.05, 4.69) is 15.0 Å². The van der Waals surface area contributed by atoms with Gasteiger partial charge >= 0.3 is 12.1 Å². The average molecular weight is 502 g/mol. The summed E-state index contributed by atoms with van der Waals surface area (Å²) in [5.41, 5.74) is -0.837. The predicted molar refractivity (Wildman–Crippen MR) is 122 cm³/mol. The van der Waals surface area contributed by atoms with E-state index in [9.17, 15) is 18.0 Å². The normalized spacial score (nSPS) is 22.0. The maximum atomic E-state index is 13.9. The number of hydrogen-bond acceptors (Lipinski definition) is 7. The molecule has 2 atom stereocenters. The van der Waals surface area contributed by atoms with Crippen molar-refractivity contribution in [3.05, 3.63) is 41.7 Å². The minimum absolute atomic E-state index is 0.0484. The molecule has 2 fully saturated rings. The van der Waals surface area contributed by atoms with Crippen molar-refractivity contribution in [2.75, 3.05) is 26.5 Å². The fourth-order valence-corrected chi connectivity index (χ4v) is 5.51. The summed E-state index contributed by atoms with van der Waals surface area (Å²) < 4.78 is 58.6. The van der Waals surface area contributed by atoms with Crippen molar-refractivity contribution in [1.82, 2.24) is 19.5 Å². The second kappa shape index (κ2) is 8.95. The van der Waals surface area contributed by atoms with E-state index in [1.54, 1.807) is 18.2 Å². The van der Waals surface area contributed by atoms with E-state index >= 15 is 0 Å². The van der Waals surface area contributed by atoms with E-state index in [1.807, 2.05) is 0 Å². The number of nitrogens with zero attached hydrogens (tertiary/aromatic N) is 4. The van der Waals surface area contributed by atoms with Crippen LogP contribution in [0, 0.1) is 5.92 Å². The molecule has 0 aliphatic carbocycles. The standard InChI is InChI=1S/C25H25F3N4O4/c26-25(27,28)22-11-17(15-6-7-20-21(10-15)36-14-35-20)29-23-12-18(30-32(22)23)24(33)34-13-16-4-3-9-31-8-2-1-5-19(16)31/h6-7,10-12,16,19H,1-5,8-9,13-14H2/t16-,19+/m1/s1. The molecule has 0 saturated carbocycles. The molecule has 5 heterocycles. The Labute approximate surface area is 204 Å². The van der Waals surface area contributed by atoms with Gasteiger partial charge in [0.1, 0.15) is 0 Å². The Morgan fingerprint density at radius 1 is 1.06 bits per heavy atom. The Balaban J connectivity index is 1.27. The molecule has 0 radical (unpaired) electrons. The zero-order valence-corrected chi connectivity index (χ0v) is 19.5. The number of alkyl halides is 3. The van der Waals surface area contributed by atoms with Crippen LogP contribution in [0.4, 0.5) is 13.2 Å². The van der Waals surface area contributed by atoms with E-state index in [1.165, 1.54) is 12.5 Å². The molecular formula is C25H25F3N4O4. The van der Waals surface area contributed by atoms with Crippen LogP contribution in [-0.2, 0) is 10.9 Å². The second-order valence-electron chi connectivity index (χ2n) is 9.49. The van der Waals surface area contributed by atoms with Gasteiger partial charge in [-0.25, -0.2) is 14.3 Å². The van der Waals surface area contributed by atoms with E-state index < -0.39 is 17.8 Å². The fourth-order valence-electron chi connectivity index (χ4n) is 5.51. The molecule has 0 spiro atoms. The molecule has 0 amide bonds. The van der Waals surface area contributed by atoms with Gasteiger partial charge in [-0.05, 0) is 63.0 Å². The van der Waals surface area contributed by atoms with Crippen molar-refractivity contribution in [2.24, 2.45) is 5.92 Å². The number of benzene rings is 1. The van der Waals surface area contributed by atoms with Crippen molar-refractivity contribution >= 4 is 11.6 Å². The lowest BCUT2D eigenvalue weighted by atomic mass is 9.84. The summed E-state index contributed by atoms with van der Waals surface area (Å²) in [5, 5.41) is 3.92. The molecule has 190 valence electrons. The molecule has 8 nitrogen and oxygen atoms in total. The van der Waals surface area contributed by atoms with Gasteiger partial charge in [0.2, 0.25) is 6.79 Å². The molecule has 2 aromatic heterocycles. The molecule has 0 bridgehead atoms. The van der Waals surface area contributed by atoms with Crippen LogP contribution in [0.2, 0.25) is 0 Å². The number of halogens is 3. The van der Waals surface area contributed by atoms with E-state index in [0.717, 1.165) is 44.8 Å². The van der Waals surface area contributed by atoms with Gasteiger partial charge in [0.15, 0.2) is 28.5 Å². The van der Waals surface area contributed by atoms with Crippen LogP contribution >= 0.6 is 0 Å². The van der Waals surface area contributed by atoms with Crippen LogP contribution in [0.25, 0.3) is 16.9 Å². The molecule has 3 aliphatic heterocycles. The third-order valence-electron chi connectivity index (χ3n) is 7.25. The number of fused-ring (bicyclic) bond motifs is 3. The summed E-state index contributed by atoms with van der Waals surface area (Å²) in [4.78, 5) is 19.6. The Hall–Kier alpha value is -3.34. The molecule has 3 aromatic rings. The smallest absolute Gasteiger partial charge is 0.433 e. The molecule has 36 heavy (non-hydrogen) atoms. The SMILES string of the molecule is O=C(OC[C@H]1CCCN2CCCC[C@@H]12)c1cc2nc(-c3ccc4c(c3)OCO4)cc(C(F)(F)F)n2n1. The molecule has 0 N–H and O–H groups in total. The highest BCUT2D eigenvalue weighted by atomic mass is 19.4. The van der Waals surface area contributed by atoms with Gasteiger partial charge in [0.25, 0.3) is 0 Å². The summed E-state index contributed by atoms with van der Waals surface area (Å²) in [6, 6.07) is 7.34. The van der Waals surface area contributed by atoms with Gasteiger partial charge in [-0.3, -0.25) is 4.90 Å². The van der Waals surface area contributed by atoms with E-state index in [4.69, 9.17) is 14.2 Å². The molecule has 3 aliphatic rings. The zero-order chi connectivity index (χ0) is 24.9. The van der Waals surface area contributed by atoms with E-state index in [0.29, 0.717) is 27.6 Å². The first-order valence-corrected chi connectivity index (χ1v) is 12.2. The summed E-state index contributed by atoms with van der Waals surface area (Å²) in [7, 11) is 0. The number of rotatable bonds is 4. The summed E-state index contributed by atoms with van der Waals surface area (Å²) in [6.07, 6.45) is 0.736. The molecule has 2 saturated heterocycles. The highest BCUT2D eigenvalue weighted by Crippen LogP contribution is 2.38. The van der Waals surface area contributed by atoms with Gasteiger partial charge < -0.3 is 14.2 Å². The number of hydrogen-bond donors (Lipinski definition) is 0. The van der Waals surface area contributed by atoms with Gasteiger partial charge in [-0.2, -0.15) is 18.3 Å². The molecule has 11 heteroatoms. The van der Waals surface area contributed by atoms with E-state index in [-0.39, 0.29) is 36.4 Å². The predicted octanol–water partition coefficient (Wildman–Crippen LogP) is 4.57. The summed E-state index contributed by atoms with van der Waals surface area (Å²) in [5.74, 6) is 0.423. The number of aromatic nitrogens is 3. The van der Waals surface area contributed by atoms with Crippen LogP contribution in [0.15, 0.2) is 30.3 Å². The Bertz CT molecular complexity index is 1310. The van der Waals surface area contributed by atoms with Crippen LogP contribution in [0.1, 0.15) is 48.3 Å². The van der Waals surface area contributed by atoms with Gasteiger partial charge in [0, 0.05) is 23.6 Å². The largest absolute Gasteiger partial charge is 0.461 e. The number of esters is 1. The van der Waals surface area contributed by atoms with Crippen molar-refractivity contribution < 1.29 is 32.2 Å². The zero-order valence-electron chi connectivity index (χ0n) is 19.5. The van der Waals surface area contributed by atoms with Crippen molar-refractivity contribution in [3.63, 3.8) is 0 Å². The lowest BCUT2D eigenvalue weighted by Gasteiger charge is -2.44. The van der Waals surface area contributed by atoms with Gasteiger partial charge in [-0.15, -0.1) is 0 Å². The molecule has 6 rings (SSSR count). The lowest BCUT2D eigenvalue weighted by Crippen LogP contribution is -2.49. The van der Waals surface area contributed by atoms with Gasteiger partial charge in [0.05, 0.1) is 12.3 Å². The maximum absolute atomic E-state index is 13.9. The van der Waals surface area contributed by atoms with Crippen molar-refractivity contribution in [3.8, 4) is 22.8 Å². The molecular weight excluding hydrogens is 477 g/mol. The Morgan fingerprint density at radius 3 is 2.75 bits per heavy atom. The number of piperidine rings is 2. The van der Waals surface area contributed by atoms with Crippen molar-refractivity contribution in [1.29, 1.82) is 0 Å².